The zero-order chi connectivity index (χ0) is 21.6. The number of esters is 4. The molecule has 0 aromatic rings. The highest BCUT2D eigenvalue weighted by Crippen LogP contribution is 2.30. The molecule has 0 bridgehead atoms. The lowest BCUT2D eigenvalue weighted by molar-refractivity contribution is -0.287. The first-order valence-corrected chi connectivity index (χ1v) is 10.8. The number of hydrogen-bond donors (Lipinski definition) is 0. The monoisotopic (exact) mass is 442 g/mol. The minimum absolute atomic E-state index is 0.417. The van der Waals surface area contributed by atoms with Gasteiger partial charge in [-0.3, -0.25) is 23.4 Å². The van der Waals surface area contributed by atoms with Crippen molar-refractivity contribution < 1.29 is 51.3 Å². The number of ether oxygens (including phenoxy) is 5. The molecule has 1 aliphatic rings. The van der Waals surface area contributed by atoms with Gasteiger partial charge in [-0.25, -0.2) is 4.21 Å². The van der Waals surface area contributed by atoms with Crippen LogP contribution in [0.5, 0.6) is 0 Å². The van der Waals surface area contributed by atoms with Crippen LogP contribution in [0.2, 0.25) is 0 Å². The second kappa shape index (κ2) is 10.1. The van der Waals surface area contributed by atoms with E-state index in [-0.39, 0.29) is 0 Å². The van der Waals surface area contributed by atoms with E-state index in [2.05, 4.69) is 0 Å². The van der Waals surface area contributed by atoms with Crippen molar-refractivity contribution >= 4 is 43.8 Å². The summed E-state index contributed by atoms with van der Waals surface area (Å²) in [5, 5.41) is 0. The van der Waals surface area contributed by atoms with E-state index in [0.717, 1.165) is 34.0 Å². The van der Waals surface area contributed by atoms with Crippen LogP contribution < -0.4 is 0 Å². The summed E-state index contributed by atoms with van der Waals surface area (Å²) >= 11 is 4.71. The third kappa shape index (κ3) is 8.04. The van der Waals surface area contributed by atoms with Crippen LogP contribution in [0.15, 0.2) is 0 Å². The van der Waals surface area contributed by atoms with Crippen LogP contribution in [0.4, 0.5) is 0 Å². The Labute approximate surface area is 166 Å². The Morgan fingerprint density at radius 3 is 1.75 bits per heavy atom. The van der Waals surface area contributed by atoms with Crippen LogP contribution in [0.25, 0.3) is 0 Å². The predicted molar refractivity (Wildman–Crippen MR) is 94.5 cm³/mol. The number of carbonyl (C=O) groups excluding carboxylic acids is 4. The van der Waals surface area contributed by atoms with Gasteiger partial charge >= 0.3 is 23.9 Å². The summed E-state index contributed by atoms with van der Waals surface area (Å²) in [6.07, 6.45) is -5.81. The first-order chi connectivity index (χ1) is 12.8. The van der Waals surface area contributed by atoms with Crippen LogP contribution in [-0.2, 0) is 67.0 Å². The molecule has 1 rings (SSSR count). The molecule has 0 aromatic heterocycles. The molecular formula is C15H22O11S2. The van der Waals surface area contributed by atoms with Crippen molar-refractivity contribution in [2.75, 3.05) is 12.9 Å². The molecule has 1 heterocycles. The van der Waals surface area contributed by atoms with Crippen LogP contribution in [0, 0.1) is 0 Å². The van der Waals surface area contributed by atoms with E-state index < -0.39 is 70.0 Å². The number of hydrogen-bond acceptors (Lipinski definition) is 12. The fourth-order valence-electron chi connectivity index (χ4n) is 2.44. The average Bonchev–Trinajstić information content (AvgIpc) is 2.48. The molecule has 0 aliphatic carbocycles. The highest BCUT2D eigenvalue weighted by molar-refractivity contribution is 8.29. The Kier molecular flexibility index (Phi) is 8.73. The first kappa shape index (κ1) is 24.2. The highest BCUT2D eigenvalue weighted by Gasteiger charge is 2.53. The van der Waals surface area contributed by atoms with Crippen LogP contribution in [0.1, 0.15) is 27.7 Å². The van der Waals surface area contributed by atoms with E-state index in [1.165, 1.54) is 0 Å². The summed E-state index contributed by atoms with van der Waals surface area (Å²) in [6.45, 7) is 3.98. The second-order valence-corrected chi connectivity index (χ2v) is 9.29. The topological polar surface area (TPSA) is 141 Å². The molecule has 1 aliphatic heterocycles. The Balaban J connectivity index is 3.36. The molecule has 1 unspecified atom stereocenters. The third-order valence-electron chi connectivity index (χ3n) is 3.22. The van der Waals surface area contributed by atoms with Gasteiger partial charge in [0.15, 0.2) is 18.3 Å². The maximum Gasteiger partial charge on any atom is 0.303 e. The Hall–Kier alpha value is -1.83. The van der Waals surface area contributed by atoms with Crippen molar-refractivity contribution in [1.29, 1.82) is 0 Å². The van der Waals surface area contributed by atoms with Gasteiger partial charge in [0.05, 0.1) is 0 Å². The third-order valence-corrected chi connectivity index (χ3v) is 3.99. The molecule has 0 spiro atoms. The number of carbonyl (C=O) groups is 4. The molecule has 11 nitrogen and oxygen atoms in total. The molecule has 0 aromatic carbocycles. The van der Waals surface area contributed by atoms with Gasteiger partial charge in [0.25, 0.3) is 0 Å². The highest BCUT2D eigenvalue weighted by atomic mass is 32.8. The molecular weight excluding hydrogens is 420 g/mol. The molecule has 1 fully saturated rings. The van der Waals surface area contributed by atoms with E-state index in [9.17, 15) is 23.4 Å². The summed E-state index contributed by atoms with van der Waals surface area (Å²) in [5.74, 6) is -3.01. The standard InChI is InChI=1S/C15H22O11S2/c1-7(16)21-6-11-12(22-8(2)17)13(23-9(3)18)14(24-10(4)19)15(25-11)26-28(5,20)27/h11-15H,6H2,1-5H3/t11-,12+,13+,14-,15+,28?/m1/s1. The average molecular weight is 442 g/mol. The lowest BCUT2D eigenvalue weighted by atomic mass is 9.98. The van der Waals surface area contributed by atoms with Crippen LogP contribution >= 0.6 is 0 Å². The molecule has 13 heteroatoms. The van der Waals surface area contributed by atoms with Gasteiger partial charge in [0, 0.05) is 45.1 Å². The van der Waals surface area contributed by atoms with E-state index >= 15 is 0 Å². The SMILES string of the molecule is CC(=O)OC[C@H]1O[C@@H](OS(C)(=O)=S)[C@H](OC(C)=O)[C@@H](OC(C)=O)[C@H]1OC(C)=O. The molecule has 0 saturated carbocycles. The summed E-state index contributed by atoms with van der Waals surface area (Å²) in [7, 11) is -3.28. The van der Waals surface area contributed by atoms with E-state index in [1.807, 2.05) is 0 Å². The van der Waals surface area contributed by atoms with E-state index in [0.29, 0.717) is 0 Å². The zero-order valence-electron chi connectivity index (χ0n) is 15.9. The van der Waals surface area contributed by atoms with Crippen molar-refractivity contribution in [1.82, 2.24) is 0 Å². The summed E-state index contributed by atoms with van der Waals surface area (Å²) in [5.41, 5.74) is 0. The van der Waals surface area contributed by atoms with Crippen LogP contribution in [-0.4, -0.2) is 71.7 Å². The number of rotatable bonds is 7. The Bertz CT molecular complexity index is 717. The van der Waals surface area contributed by atoms with Gasteiger partial charge in [-0.15, -0.1) is 0 Å². The predicted octanol–water partition coefficient (Wildman–Crippen LogP) is -0.623. The Morgan fingerprint density at radius 2 is 1.32 bits per heavy atom. The van der Waals surface area contributed by atoms with Gasteiger partial charge < -0.3 is 23.7 Å². The first-order valence-electron chi connectivity index (χ1n) is 7.99. The molecule has 0 N–H and O–H groups in total. The molecule has 6 atom stereocenters. The maximum absolute atomic E-state index is 11.9. The molecule has 1 saturated heterocycles. The van der Waals surface area contributed by atoms with Crippen molar-refractivity contribution in [3.05, 3.63) is 0 Å². The van der Waals surface area contributed by atoms with Crippen molar-refractivity contribution in [2.24, 2.45) is 0 Å². The summed E-state index contributed by atoms with van der Waals surface area (Å²) in [6, 6.07) is 0. The van der Waals surface area contributed by atoms with E-state index in [4.69, 9.17) is 39.1 Å². The Morgan fingerprint density at radius 1 is 0.857 bits per heavy atom. The van der Waals surface area contributed by atoms with Crippen molar-refractivity contribution in [3.8, 4) is 0 Å². The van der Waals surface area contributed by atoms with Gasteiger partial charge in [0.1, 0.15) is 21.5 Å². The lowest BCUT2D eigenvalue weighted by Crippen LogP contribution is -2.63. The fraction of sp³-hybridized carbons (Fsp3) is 0.733. The van der Waals surface area contributed by atoms with Gasteiger partial charge in [-0.2, -0.15) is 0 Å². The summed E-state index contributed by atoms with van der Waals surface area (Å²) < 4.78 is 43.0. The minimum Gasteiger partial charge on any atom is -0.463 e. The fourth-order valence-corrected chi connectivity index (χ4v) is 3.17. The van der Waals surface area contributed by atoms with Crippen molar-refractivity contribution in [3.63, 3.8) is 0 Å². The molecule has 160 valence electrons. The normalized spacial score (nSPS) is 29.1. The zero-order valence-corrected chi connectivity index (χ0v) is 17.5. The molecule has 0 amide bonds. The maximum atomic E-state index is 11.9. The molecule has 28 heavy (non-hydrogen) atoms. The lowest BCUT2D eigenvalue weighted by Gasteiger charge is -2.43. The smallest absolute Gasteiger partial charge is 0.303 e. The van der Waals surface area contributed by atoms with Gasteiger partial charge in [0.2, 0.25) is 6.29 Å². The minimum atomic E-state index is -3.28. The van der Waals surface area contributed by atoms with Crippen LogP contribution in [0.3, 0.4) is 0 Å². The van der Waals surface area contributed by atoms with Gasteiger partial charge in [-0.05, 0) is 0 Å². The van der Waals surface area contributed by atoms with Crippen molar-refractivity contribution in [2.45, 2.75) is 58.4 Å². The largest absolute Gasteiger partial charge is 0.463 e. The van der Waals surface area contributed by atoms with E-state index in [1.54, 1.807) is 0 Å². The summed E-state index contributed by atoms with van der Waals surface area (Å²) in [4.78, 5) is 45.8. The second-order valence-electron chi connectivity index (χ2n) is 5.87. The quantitative estimate of drug-likeness (QED) is 0.366. The molecule has 0 radical (unpaired) electrons. The van der Waals surface area contributed by atoms with Gasteiger partial charge in [-0.1, -0.05) is 0 Å².